The maximum atomic E-state index is 11.0. The van der Waals surface area contributed by atoms with Crippen LogP contribution in [0, 0.1) is 11.8 Å². The third kappa shape index (κ3) is 19.9. The van der Waals surface area contributed by atoms with Crippen LogP contribution in [-0.2, 0) is 50.0 Å². The maximum Gasteiger partial charge on any atom is 2.00 e. The minimum absolute atomic E-state index is 0. The molecule has 2 aromatic rings. The van der Waals surface area contributed by atoms with Crippen molar-refractivity contribution >= 4 is 24.4 Å². The van der Waals surface area contributed by atoms with Crippen molar-refractivity contribution in [1.82, 2.24) is 0 Å². The topological polar surface area (TPSA) is 145 Å². The Morgan fingerprint density at radius 3 is 1.19 bits per heavy atom. The number of rotatable bonds is 11. The summed E-state index contributed by atoms with van der Waals surface area (Å²) in [5.41, 5.74) is 5.63. The number of carbonyl (C=O) groups excluding carboxylic acids is 2. The van der Waals surface area contributed by atoms with Crippen molar-refractivity contribution in [2.45, 2.75) is 120 Å². The molecule has 0 aliphatic rings. The minimum Gasteiger partial charge on any atom is -0.550 e. The summed E-state index contributed by atoms with van der Waals surface area (Å²) in [6.07, 6.45) is 7.76. The van der Waals surface area contributed by atoms with E-state index in [-0.39, 0.29) is 27.6 Å². The summed E-state index contributed by atoms with van der Waals surface area (Å²) in [6.45, 7) is 24.7. The molecule has 2 N–H and O–H groups in total. The Kier molecular flexibility index (Phi) is 21.2. The number of carboxylic acids is 2. The van der Waals surface area contributed by atoms with Crippen LogP contribution in [0.25, 0.3) is 0 Å². The van der Waals surface area contributed by atoms with Gasteiger partial charge in [-0.05, 0) is 85.5 Å². The number of hydrogen-bond acceptors (Lipinski definition) is 8. The molecule has 0 fully saturated rings. The first-order valence-electron chi connectivity index (χ1n) is 16.1. The van der Waals surface area contributed by atoms with Crippen molar-refractivity contribution < 1.29 is 46.8 Å². The van der Waals surface area contributed by atoms with E-state index in [1.54, 1.807) is 12.4 Å². The number of aryl methyl sites for hydroxylation is 2. The number of aromatic hydroxyl groups is 2. The van der Waals surface area contributed by atoms with Gasteiger partial charge in [0.1, 0.15) is 11.5 Å². The van der Waals surface area contributed by atoms with Crippen LogP contribution < -0.4 is 10.2 Å². The van der Waals surface area contributed by atoms with E-state index < -0.39 is 11.9 Å². The normalized spacial score (nSPS) is 11.6. The second-order valence-electron chi connectivity index (χ2n) is 14.6. The van der Waals surface area contributed by atoms with Crippen LogP contribution in [0.2, 0.25) is 0 Å². The Labute approximate surface area is 294 Å². The molecule has 2 aromatic carbocycles. The molecule has 0 spiro atoms. The van der Waals surface area contributed by atoms with Gasteiger partial charge in [-0.1, -0.05) is 81.4 Å². The van der Waals surface area contributed by atoms with E-state index in [9.17, 15) is 10.2 Å². The molecule has 47 heavy (non-hydrogen) atoms. The van der Waals surface area contributed by atoms with Gasteiger partial charge in [0.2, 0.25) is 0 Å². The van der Waals surface area contributed by atoms with Crippen LogP contribution in [-0.4, -0.2) is 47.7 Å². The number of benzene rings is 2. The molecular formula is C38H58CoN2O6. The third-order valence-corrected chi connectivity index (χ3v) is 6.85. The van der Waals surface area contributed by atoms with Crippen molar-refractivity contribution in [2.24, 2.45) is 21.8 Å². The van der Waals surface area contributed by atoms with Gasteiger partial charge >= 0.3 is 16.8 Å². The molecule has 0 saturated carbocycles. The number of nitrogens with zero attached hydrogens (tertiary/aromatic N) is 2. The van der Waals surface area contributed by atoms with Gasteiger partial charge in [-0.15, -0.1) is 0 Å². The molecule has 0 amide bonds. The summed E-state index contributed by atoms with van der Waals surface area (Å²) >= 11 is 0. The fraction of sp³-hybridized carbons (Fsp3) is 0.579. The first-order chi connectivity index (χ1) is 21.1. The molecule has 1 radical (unpaired) electrons. The van der Waals surface area contributed by atoms with Gasteiger partial charge in [-0.2, -0.15) is 0 Å². The number of phenols is 2. The molecule has 0 unspecified atom stereocenters. The van der Waals surface area contributed by atoms with Gasteiger partial charge in [-0.3, -0.25) is 9.98 Å². The van der Waals surface area contributed by atoms with E-state index in [2.05, 4.69) is 103 Å². The van der Waals surface area contributed by atoms with Crippen LogP contribution >= 0.6 is 0 Å². The number of hydrogen-bond donors (Lipinski definition) is 2. The predicted octanol–water partition coefficient (Wildman–Crippen LogP) is 5.92. The maximum absolute atomic E-state index is 11.0. The molecule has 0 saturated heterocycles. The molecule has 0 aliphatic heterocycles. The average molecular weight is 698 g/mol. The van der Waals surface area contributed by atoms with E-state index in [4.69, 9.17) is 19.8 Å². The van der Waals surface area contributed by atoms with Crippen LogP contribution in [0.1, 0.15) is 129 Å². The molecule has 0 atom stereocenters. The predicted molar refractivity (Wildman–Crippen MR) is 186 cm³/mol. The van der Waals surface area contributed by atoms with Crippen LogP contribution in [0.3, 0.4) is 0 Å². The molecule has 0 heterocycles. The quantitative estimate of drug-likeness (QED) is 0.220. The number of phenolic OH excluding ortho intramolecular Hbond substituents is 2. The van der Waals surface area contributed by atoms with Crippen molar-refractivity contribution in [3.8, 4) is 11.5 Å². The zero-order chi connectivity index (χ0) is 35.8. The number of aliphatic imine (C=N–C) groups is 2. The molecule has 0 aliphatic carbocycles. The zero-order valence-electron chi connectivity index (χ0n) is 30.6. The van der Waals surface area contributed by atoms with Gasteiger partial charge in [-0.25, -0.2) is 0 Å². The van der Waals surface area contributed by atoms with E-state index >= 15 is 0 Å². The zero-order valence-corrected chi connectivity index (χ0v) is 31.7. The van der Waals surface area contributed by atoms with E-state index in [0.29, 0.717) is 36.4 Å². The minimum atomic E-state index is -1.08. The summed E-state index contributed by atoms with van der Waals surface area (Å²) in [6, 6.07) is 8.42. The monoisotopic (exact) mass is 697 g/mol. The first kappa shape index (κ1) is 45.9. The van der Waals surface area contributed by atoms with Gasteiger partial charge in [0.05, 0.1) is 13.1 Å². The van der Waals surface area contributed by atoms with Gasteiger partial charge < -0.3 is 30.0 Å². The fourth-order valence-electron chi connectivity index (χ4n) is 4.42. The number of aliphatic carboxylic acids is 2. The number of carbonyl (C=O) groups is 2. The van der Waals surface area contributed by atoms with Crippen molar-refractivity contribution in [3.05, 3.63) is 57.6 Å². The molecule has 2 rings (SSSR count). The third-order valence-electron chi connectivity index (χ3n) is 6.85. The largest absolute Gasteiger partial charge is 2.00 e. The molecular weight excluding hydrogens is 639 g/mol. The molecule has 0 bridgehead atoms. The summed E-state index contributed by atoms with van der Waals surface area (Å²) in [5, 5.41) is 39.7. The van der Waals surface area contributed by atoms with Gasteiger partial charge in [0, 0.05) is 46.6 Å². The van der Waals surface area contributed by atoms with E-state index in [1.807, 2.05) is 0 Å². The Bertz CT molecular complexity index is 1210. The van der Waals surface area contributed by atoms with Gasteiger partial charge in [0.15, 0.2) is 0 Å². The average Bonchev–Trinajstić information content (AvgIpc) is 2.88. The SMILES string of the molecule is CC(=O)[O-].CC(=O)[O-].CC(C)CCc1cc(C=NCCN=Cc2cc(CCC(C)C)cc(C(C)(C)C)c2O)c(O)c(C(C)(C)C)c1.[Co+2]. The van der Waals surface area contributed by atoms with Crippen molar-refractivity contribution in [1.29, 1.82) is 0 Å². The van der Waals surface area contributed by atoms with Gasteiger partial charge in [0.25, 0.3) is 0 Å². The van der Waals surface area contributed by atoms with Crippen LogP contribution in [0.15, 0.2) is 34.3 Å². The molecule has 8 nitrogen and oxygen atoms in total. The molecule has 0 aromatic heterocycles. The fourth-order valence-corrected chi connectivity index (χ4v) is 4.42. The first-order valence-corrected chi connectivity index (χ1v) is 16.1. The second kappa shape index (κ2) is 21.7. The Balaban J connectivity index is 0. The summed E-state index contributed by atoms with van der Waals surface area (Å²) in [5.74, 6) is -0.273. The molecule has 9 heteroatoms. The Morgan fingerprint density at radius 1 is 0.681 bits per heavy atom. The summed E-state index contributed by atoms with van der Waals surface area (Å²) in [7, 11) is 0. The van der Waals surface area contributed by atoms with E-state index in [0.717, 1.165) is 61.8 Å². The standard InChI is InChI=1S/C34H52N2O2.2C2H4O2.Co/c1-23(2)11-13-25-17-27(31(37)29(19-25)33(5,6)7)21-35-15-16-36-22-28-18-26(14-12-24(3)4)20-30(32(28)38)34(8,9)10;2*1-2(3)4;/h17-24,37-38H,11-16H2,1-10H3;2*1H3,(H,3,4);/q;;;+2/p-2. The number of carboxylic acid groups (broad SMARTS) is 2. The second-order valence-corrected chi connectivity index (χ2v) is 14.6. The Morgan fingerprint density at radius 2 is 0.957 bits per heavy atom. The smallest absolute Gasteiger partial charge is 0.550 e. The van der Waals surface area contributed by atoms with Crippen LogP contribution in [0.5, 0.6) is 11.5 Å². The van der Waals surface area contributed by atoms with Crippen LogP contribution in [0.4, 0.5) is 0 Å². The van der Waals surface area contributed by atoms with E-state index in [1.165, 1.54) is 11.1 Å². The summed E-state index contributed by atoms with van der Waals surface area (Å²) in [4.78, 5) is 26.9. The molecule has 265 valence electrons. The summed E-state index contributed by atoms with van der Waals surface area (Å²) < 4.78 is 0. The van der Waals surface area contributed by atoms with Crippen molar-refractivity contribution in [2.75, 3.05) is 13.1 Å². The van der Waals surface area contributed by atoms with Crippen molar-refractivity contribution in [3.63, 3.8) is 0 Å². The Hall–Kier alpha value is -3.17.